The molecule has 0 bridgehead atoms. The van der Waals surface area contributed by atoms with E-state index in [1.807, 2.05) is 0 Å². The summed E-state index contributed by atoms with van der Waals surface area (Å²) in [7, 11) is 0. The normalized spacial score (nSPS) is 9.85. The summed E-state index contributed by atoms with van der Waals surface area (Å²) < 4.78 is 10.3. The molecule has 0 radical (unpaired) electrons. The van der Waals surface area contributed by atoms with Crippen LogP contribution in [-0.2, 0) is 9.37 Å². The molecule has 0 saturated heterocycles. The first-order chi connectivity index (χ1) is 9.29. The van der Waals surface area contributed by atoms with E-state index in [0.29, 0.717) is 19.7 Å². The van der Waals surface area contributed by atoms with E-state index in [2.05, 4.69) is 24.9 Å². The molecule has 20 heavy (non-hydrogen) atoms. The average Bonchev–Trinajstić information content (AvgIpc) is 2.83. The quantitative estimate of drug-likeness (QED) is 0.164. The van der Waals surface area contributed by atoms with E-state index in [1.54, 1.807) is 24.3 Å². The maximum absolute atomic E-state index is 9.80. The Kier molecular flexibility index (Phi) is 8.68. The Bertz CT molecular complexity index is 579. The van der Waals surface area contributed by atoms with Crippen LogP contribution in [0.3, 0.4) is 0 Å². The van der Waals surface area contributed by atoms with Gasteiger partial charge in [-0.3, -0.25) is 10.1 Å². The number of nitrogens with zero attached hydrogens (tertiary/aromatic N) is 1. The smallest absolute Gasteiger partial charge is 0.691 e. The third-order valence-electron chi connectivity index (χ3n) is 1.89. The van der Waals surface area contributed by atoms with Crippen LogP contribution in [0.4, 0.5) is 5.13 Å². The van der Waals surface area contributed by atoms with E-state index in [4.69, 9.17) is 17.0 Å². The van der Waals surface area contributed by atoms with Gasteiger partial charge in [0, 0.05) is 0 Å². The number of aromatic nitrogens is 2. The monoisotopic (exact) mass is 341 g/mol. The van der Waals surface area contributed by atoms with Crippen LogP contribution in [0.15, 0.2) is 29.2 Å². The number of rotatable bonds is 7. The van der Waals surface area contributed by atoms with Gasteiger partial charge in [-0.25, -0.2) is 0 Å². The number of H-pyrrole nitrogens is 1. The van der Waals surface area contributed by atoms with Gasteiger partial charge in [0.05, 0.1) is 16.9 Å². The summed E-state index contributed by atoms with van der Waals surface area (Å²) in [5.41, 5.74) is 0. The van der Waals surface area contributed by atoms with Crippen molar-refractivity contribution in [2.45, 2.75) is 4.90 Å². The summed E-state index contributed by atoms with van der Waals surface area (Å²) in [6, 6.07) is 7.06. The van der Waals surface area contributed by atoms with Crippen molar-refractivity contribution in [3.8, 4) is 5.75 Å². The van der Waals surface area contributed by atoms with E-state index in [-0.39, 0.29) is 36.3 Å². The van der Waals surface area contributed by atoms with Crippen molar-refractivity contribution in [3.63, 3.8) is 0 Å². The minimum Gasteiger partial charge on any atom is -0.691 e. The standard InChI is InChI=1S/C9H9N3O4S3.Na/c13-15-16-19-7-4-2-1-3-6(7)14-5-10-8-11-12-9(17)18-8;/h1-4,13H,5H2,(H,10,11)(H,12,17);/q;+1/p-1. The van der Waals surface area contributed by atoms with Gasteiger partial charge in [-0.05, 0) is 24.4 Å². The molecule has 7 nitrogen and oxygen atoms in total. The topological polar surface area (TPSA) is 91.5 Å². The van der Waals surface area contributed by atoms with Crippen molar-refractivity contribution in [1.29, 1.82) is 0 Å². The number of aromatic amines is 1. The largest absolute Gasteiger partial charge is 1.00 e. The van der Waals surface area contributed by atoms with Crippen LogP contribution >= 0.6 is 35.6 Å². The van der Waals surface area contributed by atoms with Crippen molar-refractivity contribution in [3.05, 3.63) is 28.2 Å². The van der Waals surface area contributed by atoms with Gasteiger partial charge in [0.2, 0.25) is 5.13 Å². The number of ether oxygens (including phenoxy) is 1. The van der Waals surface area contributed by atoms with Crippen LogP contribution in [-0.4, -0.2) is 16.9 Å². The van der Waals surface area contributed by atoms with Crippen molar-refractivity contribution in [2.24, 2.45) is 0 Å². The zero-order valence-corrected chi connectivity index (χ0v) is 14.8. The fourth-order valence-electron chi connectivity index (χ4n) is 1.17. The second kappa shape index (κ2) is 9.71. The maximum atomic E-state index is 9.80. The molecule has 0 fully saturated rings. The van der Waals surface area contributed by atoms with Crippen LogP contribution < -0.4 is 44.9 Å². The van der Waals surface area contributed by atoms with Gasteiger partial charge in [0.1, 0.15) is 5.75 Å². The fourth-order valence-corrected chi connectivity index (χ4v) is 2.39. The molecule has 2 rings (SSSR count). The minimum atomic E-state index is 0. The van der Waals surface area contributed by atoms with E-state index >= 15 is 0 Å². The van der Waals surface area contributed by atoms with Crippen LogP contribution in [0, 0.1) is 3.95 Å². The Morgan fingerprint density at radius 3 is 2.95 bits per heavy atom. The zero-order chi connectivity index (χ0) is 13.5. The van der Waals surface area contributed by atoms with Crippen LogP contribution in [0.25, 0.3) is 0 Å². The molecular weight excluding hydrogens is 333 g/mol. The molecule has 0 spiro atoms. The molecule has 0 atom stereocenters. The van der Waals surface area contributed by atoms with Crippen LogP contribution in [0.2, 0.25) is 0 Å². The number of hydrogen-bond acceptors (Lipinski definition) is 9. The number of anilines is 1. The number of nitrogens with one attached hydrogen (secondary N) is 2. The Labute approximate surface area is 150 Å². The molecule has 2 N–H and O–H groups in total. The summed E-state index contributed by atoms with van der Waals surface area (Å²) in [5.74, 6) is 0.552. The van der Waals surface area contributed by atoms with Crippen molar-refractivity contribution in [2.75, 3.05) is 12.0 Å². The first kappa shape index (κ1) is 17.9. The van der Waals surface area contributed by atoms with E-state index < -0.39 is 0 Å². The maximum Gasteiger partial charge on any atom is 1.00 e. The first-order valence-electron chi connectivity index (χ1n) is 4.94. The molecule has 102 valence electrons. The molecule has 0 aliphatic carbocycles. The van der Waals surface area contributed by atoms with Gasteiger partial charge in [-0.2, -0.15) is 4.33 Å². The van der Waals surface area contributed by atoms with Crippen molar-refractivity contribution < 1.29 is 48.9 Å². The average molecular weight is 341 g/mol. The van der Waals surface area contributed by atoms with Crippen molar-refractivity contribution in [1.82, 2.24) is 10.2 Å². The molecule has 0 aliphatic rings. The first-order valence-corrected chi connectivity index (χ1v) is 6.90. The molecule has 0 aliphatic heterocycles. The van der Waals surface area contributed by atoms with Gasteiger partial charge in [-0.15, -0.1) is 5.10 Å². The van der Waals surface area contributed by atoms with Crippen LogP contribution in [0.1, 0.15) is 0 Å². The van der Waals surface area contributed by atoms with E-state index in [0.717, 1.165) is 12.0 Å². The Morgan fingerprint density at radius 1 is 1.45 bits per heavy atom. The summed E-state index contributed by atoms with van der Waals surface area (Å²) in [4.78, 5) is 0.620. The van der Waals surface area contributed by atoms with E-state index in [9.17, 15) is 5.26 Å². The van der Waals surface area contributed by atoms with Gasteiger partial charge in [0.15, 0.2) is 10.7 Å². The summed E-state index contributed by atoms with van der Waals surface area (Å²) in [6.07, 6.45) is 0. The molecule has 2 aromatic rings. The SMILES string of the molecule is [Na+].[O-]OOSc1ccccc1OCNc1n[nH]c(=S)s1. The molecule has 1 aromatic carbocycles. The van der Waals surface area contributed by atoms with Gasteiger partial charge in [-0.1, -0.05) is 23.5 Å². The zero-order valence-electron chi connectivity index (χ0n) is 10.3. The number of benzene rings is 1. The second-order valence-corrected chi connectivity index (χ2v) is 5.46. The Balaban J connectivity index is 0.00000200. The third kappa shape index (κ3) is 5.68. The van der Waals surface area contributed by atoms with E-state index in [1.165, 1.54) is 11.3 Å². The number of hydrogen-bond donors (Lipinski definition) is 2. The van der Waals surface area contributed by atoms with Gasteiger partial charge < -0.3 is 15.3 Å². The van der Waals surface area contributed by atoms with Gasteiger partial charge >= 0.3 is 29.6 Å². The van der Waals surface area contributed by atoms with Crippen LogP contribution in [0.5, 0.6) is 5.75 Å². The minimum absolute atomic E-state index is 0. The third-order valence-corrected chi connectivity index (χ3v) is 3.58. The predicted octanol–water partition coefficient (Wildman–Crippen LogP) is -1.12. The molecule has 0 saturated carbocycles. The predicted molar refractivity (Wildman–Crippen MR) is 70.9 cm³/mol. The second-order valence-electron chi connectivity index (χ2n) is 3.05. The van der Waals surface area contributed by atoms with Crippen molar-refractivity contribution >= 4 is 40.7 Å². The molecule has 11 heteroatoms. The summed E-state index contributed by atoms with van der Waals surface area (Å²) in [5, 5.41) is 23.2. The van der Waals surface area contributed by atoms with Gasteiger partial charge in [0.25, 0.3) is 0 Å². The summed E-state index contributed by atoms with van der Waals surface area (Å²) in [6.45, 7) is 0.200. The fraction of sp³-hybridized carbons (Fsp3) is 0.111. The Hall–Kier alpha value is -0.170. The Morgan fingerprint density at radius 2 is 2.25 bits per heavy atom. The molecule has 1 aromatic heterocycles. The molecule has 0 amide bonds. The molecular formula is C9H8N3NaO4S3. The summed E-state index contributed by atoms with van der Waals surface area (Å²) >= 11 is 6.98. The number of para-hydroxylation sites is 1. The molecule has 1 heterocycles. The molecule has 0 unspecified atom stereocenters.